The zero-order chi connectivity index (χ0) is 10.6. The lowest BCUT2D eigenvalue weighted by atomic mass is 10.1. The van der Waals surface area contributed by atoms with Gasteiger partial charge in [0.05, 0.1) is 6.10 Å². The Kier molecular flexibility index (Phi) is 4.32. The Morgan fingerprint density at radius 2 is 2.29 bits per heavy atom. The molecule has 1 aromatic heterocycles. The summed E-state index contributed by atoms with van der Waals surface area (Å²) in [5.74, 6) is 0. The van der Waals surface area contributed by atoms with Crippen molar-refractivity contribution in [3.63, 3.8) is 0 Å². The van der Waals surface area contributed by atoms with Crippen LogP contribution >= 0.6 is 11.6 Å². The molecule has 78 valence electrons. The van der Waals surface area contributed by atoms with E-state index in [0.29, 0.717) is 11.7 Å². The molecule has 1 unspecified atom stereocenters. The summed E-state index contributed by atoms with van der Waals surface area (Å²) in [5.41, 5.74) is 0.954. The van der Waals surface area contributed by atoms with Crippen LogP contribution in [0.4, 0.5) is 0 Å². The number of hydrogen-bond donors (Lipinski definition) is 2. The predicted octanol–water partition coefficient (Wildman–Crippen LogP) is 1.77. The van der Waals surface area contributed by atoms with Crippen molar-refractivity contribution < 1.29 is 5.11 Å². The number of hydrogen-bond acceptors (Lipinski definition) is 3. The largest absolute Gasteiger partial charge is 0.392 e. The molecule has 4 heteroatoms. The molecule has 0 bridgehead atoms. The summed E-state index contributed by atoms with van der Waals surface area (Å²) in [6, 6.07) is 3.88. The van der Waals surface area contributed by atoms with Gasteiger partial charge in [-0.1, -0.05) is 17.7 Å². The molecular weight excluding hydrogens is 200 g/mol. The van der Waals surface area contributed by atoms with Gasteiger partial charge in [-0.05, 0) is 19.9 Å². The lowest BCUT2D eigenvalue weighted by Gasteiger charge is -2.15. The molecule has 0 aliphatic rings. The van der Waals surface area contributed by atoms with E-state index in [1.807, 2.05) is 19.1 Å². The van der Waals surface area contributed by atoms with E-state index in [9.17, 15) is 0 Å². The van der Waals surface area contributed by atoms with Gasteiger partial charge in [-0.25, -0.2) is 4.98 Å². The summed E-state index contributed by atoms with van der Waals surface area (Å²) >= 11 is 5.92. The molecule has 1 aromatic rings. The minimum Gasteiger partial charge on any atom is -0.392 e. The van der Waals surface area contributed by atoms with E-state index >= 15 is 0 Å². The first-order valence-electron chi connectivity index (χ1n) is 4.63. The molecule has 14 heavy (non-hydrogen) atoms. The summed E-state index contributed by atoms with van der Waals surface area (Å²) in [6.07, 6.45) is 1.31. The first-order valence-corrected chi connectivity index (χ1v) is 5.01. The first kappa shape index (κ1) is 11.4. The third-order valence-corrected chi connectivity index (χ3v) is 2.29. The van der Waals surface area contributed by atoms with Crippen molar-refractivity contribution in [2.75, 3.05) is 6.54 Å². The maximum absolute atomic E-state index is 9.11. The van der Waals surface area contributed by atoms with Crippen LogP contribution < -0.4 is 5.32 Å². The fraction of sp³-hybridized carbons (Fsp3) is 0.500. The van der Waals surface area contributed by atoms with Crippen LogP contribution in [0.2, 0.25) is 5.15 Å². The topological polar surface area (TPSA) is 45.1 Å². The highest BCUT2D eigenvalue weighted by molar-refractivity contribution is 6.30. The van der Waals surface area contributed by atoms with Gasteiger partial charge < -0.3 is 10.4 Å². The predicted molar refractivity (Wildman–Crippen MR) is 57.3 cm³/mol. The SMILES string of the molecule is CC(NC[C@@H](C)O)c1cccnc1Cl. The summed E-state index contributed by atoms with van der Waals surface area (Å²) in [5, 5.41) is 12.8. The zero-order valence-electron chi connectivity index (χ0n) is 8.37. The van der Waals surface area contributed by atoms with E-state index in [2.05, 4.69) is 10.3 Å². The van der Waals surface area contributed by atoms with E-state index in [0.717, 1.165) is 5.56 Å². The molecule has 0 saturated carbocycles. The number of aliphatic hydroxyl groups excluding tert-OH is 1. The molecule has 3 nitrogen and oxygen atoms in total. The van der Waals surface area contributed by atoms with Crippen molar-refractivity contribution in [1.29, 1.82) is 0 Å². The summed E-state index contributed by atoms with van der Waals surface area (Å²) in [4.78, 5) is 3.99. The molecule has 0 radical (unpaired) electrons. The van der Waals surface area contributed by atoms with Crippen LogP contribution in [0.25, 0.3) is 0 Å². The van der Waals surface area contributed by atoms with Gasteiger partial charge in [0, 0.05) is 24.3 Å². The van der Waals surface area contributed by atoms with Gasteiger partial charge in [-0.2, -0.15) is 0 Å². The van der Waals surface area contributed by atoms with Crippen molar-refractivity contribution in [2.45, 2.75) is 26.0 Å². The molecule has 2 N–H and O–H groups in total. The number of aromatic nitrogens is 1. The molecule has 2 atom stereocenters. The van der Waals surface area contributed by atoms with Crippen molar-refractivity contribution in [2.24, 2.45) is 0 Å². The van der Waals surface area contributed by atoms with E-state index in [4.69, 9.17) is 16.7 Å². The van der Waals surface area contributed by atoms with Crippen LogP contribution in [0, 0.1) is 0 Å². The van der Waals surface area contributed by atoms with Gasteiger partial charge in [-0.3, -0.25) is 0 Å². The number of rotatable bonds is 4. The second-order valence-corrected chi connectivity index (χ2v) is 3.72. The van der Waals surface area contributed by atoms with Crippen molar-refractivity contribution >= 4 is 11.6 Å². The van der Waals surface area contributed by atoms with E-state index in [1.165, 1.54) is 0 Å². The Hall–Kier alpha value is -0.640. The number of nitrogens with zero attached hydrogens (tertiary/aromatic N) is 1. The van der Waals surface area contributed by atoms with Crippen LogP contribution in [-0.4, -0.2) is 22.7 Å². The Morgan fingerprint density at radius 3 is 2.86 bits per heavy atom. The lowest BCUT2D eigenvalue weighted by Crippen LogP contribution is -2.27. The smallest absolute Gasteiger partial charge is 0.133 e. The summed E-state index contributed by atoms with van der Waals surface area (Å²) in [6.45, 7) is 4.28. The second-order valence-electron chi connectivity index (χ2n) is 3.36. The zero-order valence-corrected chi connectivity index (χ0v) is 9.12. The normalized spacial score (nSPS) is 15.1. The lowest BCUT2D eigenvalue weighted by molar-refractivity contribution is 0.187. The quantitative estimate of drug-likeness (QED) is 0.751. The number of nitrogens with one attached hydrogen (secondary N) is 1. The van der Waals surface area contributed by atoms with Gasteiger partial charge in [0.15, 0.2) is 0 Å². The molecular formula is C10H15ClN2O. The number of pyridine rings is 1. The fourth-order valence-corrected chi connectivity index (χ4v) is 1.46. The Balaban J connectivity index is 2.60. The summed E-state index contributed by atoms with van der Waals surface area (Å²) < 4.78 is 0. The molecule has 1 heterocycles. The summed E-state index contributed by atoms with van der Waals surface area (Å²) in [7, 11) is 0. The van der Waals surface area contributed by atoms with Crippen molar-refractivity contribution in [3.8, 4) is 0 Å². The van der Waals surface area contributed by atoms with Crippen LogP contribution in [0.1, 0.15) is 25.5 Å². The maximum atomic E-state index is 9.11. The van der Waals surface area contributed by atoms with Crippen LogP contribution in [-0.2, 0) is 0 Å². The maximum Gasteiger partial charge on any atom is 0.133 e. The Bertz CT molecular complexity index is 291. The highest BCUT2D eigenvalue weighted by atomic mass is 35.5. The molecule has 1 rings (SSSR count). The number of aliphatic hydroxyl groups is 1. The average Bonchev–Trinajstić information content (AvgIpc) is 2.15. The van der Waals surface area contributed by atoms with Crippen LogP contribution in [0.3, 0.4) is 0 Å². The fourth-order valence-electron chi connectivity index (χ4n) is 1.18. The second kappa shape index (κ2) is 5.29. The Labute approximate surface area is 89.1 Å². The van der Waals surface area contributed by atoms with Crippen LogP contribution in [0.15, 0.2) is 18.3 Å². The molecule has 0 amide bonds. The van der Waals surface area contributed by atoms with Gasteiger partial charge in [0.2, 0.25) is 0 Å². The van der Waals surface area contributed by atoms with Gasteiger partial charge in [0.1, 0.15) is 5.15 Å². The average molecular weight is 215 g/mol. The minimum atomic E-state index is -0.354. The van der Waals surface area contributed by atoms with E-state index in [-0.39, 0.29) is 12.1 Å². The monoisotopic (exact) mass is 214 g/mol. The highest BCUT2D eigenvalue weighted by Crippen LogP contribution is 2.19. The molecule has 0 spiro atoms. The van der Waals surface area contributed by atoms with E-state index in [1.54, 1.807) is 13.1 Å². The van der Waals surface area contributed by atoms with E-state index < -0.39 is 0 Å². The molecule has 0 fully saturated rings. The van der Waals surface area contributed by atoms with Crippen molar-refractivity contribution in [1.82, 2.24) is 10.3 Å². The molecule has 0 aliphatic heterocycles. The van der Waals surface area contributed by atoms with Crippen LogP contribution in [0.5, 0.6) is 0 Å². The minimum absolute atomic E-state index is 0.103. The Morgan fingerprint density at radius 1 is 1.57 bits per heavy atom. The van der Waals surface area contributed by atoms with Crippen molar-refractivity contribution in [3.05, 3.63) is 29.0 Å². The third kappa shape index (κ3) is 3.25. The standard InChI is InChI=1S/C10H15ClN2O/c1-7(14)6-13-8(2)9-4-3-5-12-10(9)11/h3-5,7-8,13-14H,6H2,1-2H3/t7-,8?/m1/s1. The third-order valence-electron chi connectivity index (χ3n) is 1.97. The molecule has 0 saturated heterocycles. The first-order chi connectivity index (χ1) is 6.61. The number of halogens is 1. The van der Waals surface area contributed by atoms with Gasteiger partial charge >= 0.3 is 0 Å². The van der Waals surface area contributed by atoms with Gasteiger partial charge in [0.25, 0.3) is 0 Å². The molecule has 0 aromatic carbocycles. The highest BCUT2D eigenvalue weighted by Gasteiger charge is 2.09. The molecule has 0 aliphatic carbocycles. The van der Waals surface area contributed by atoms with Gasteiger partial charge in [-0.15, -0.1) is 0 Å².